The highest BCUT2D eigenvalue weighted by Gasteiger charge is 2.35. The summed E-state index contributed by atoms with van der Waals surface area (Å²) in [6.45, 7) is 2.76. The van der Waals surface area contributed by atoms with Crippen molar-refractivity contribution in [2.24, 2.45) is 0 Å². The van der Waals surface area contributed by atoms with Crippen molar-refractivity contribution in [2.75, 3.05) is 25.9 Å². The van der Waals surface area contributed by atoms with Crippen molar-refractivity contribution in [3.8, 4) is 0 Å². The van der Waals surface area contributed by atoms with E-state index in [2.05, 4.69) is 6.92 Å². The first-order valence-corrected chi connectivity index (χ1v) is 13.5. The lowest BCUT2D eigenvalue weighted by atomic mass is 9.93. The average molecular weight is 489 g/mol. The molecule has 3 rings (SSSR count). The van der Waals surface area contributed by atoms with E-state index in [0.717, 1.165) is 43.1 Å². The summed E-state index contributed by atoms with van der Waals surface area (Å²) in [5, 5.41) is 3.04. The van der Waals surface area contributed by atoms with Crippen LogP contribution in [0.15, 0.2) is 29.6 Å². The highest BCUT2D eigenvalue weighted by molar-refractivity contribution is 7.88. The van der Waals surface area contributed by atoms with E-state index in [1.54, 1.807) is 28.4 Å². The molecule has 2 aromatic rings. The molecule has 1 amide bonds. The summed E-state index contributed by atoms with van der Waals surface area (Å²) in [5.74, 6) is -0.218. The first-order chi connectivity index (χ1) is 14.2. The fourth-order valence-electron chi connectivity index (χ4n) is 3.79. The zero-order valence-corrected chi connectivity index (χ0v) is 20.3. The number of rotatable bonds is 8. The van der Waals surface area contributed by atoms with Crippen molar-refractivity contribution in [3.63, 3.8) is 0 Å². The van der Waals surface area contributed by atoms with Crippen LogP contribution in [0.5, 0.6) is 0 Å². The van der Waals surface area contributed by atoms with Crippen LogP contribution in [0.25, 0.3) is 0 Å². The van der Waals surface area contributed by atoms with Gasteiger partial charge >= 0.3 is 0 Å². The molecular weight excluding hydrogens is 463 g/mol. The van der Waals surface area contributed by atoms with Gasteiger partial charge < -0.3 is 4.90 Å². The second-order valence-corrected chi connectivity index (χ2v) is 11.3. The van der Waals surface area contributed by atoms with E-state index in [-0.39, 0.29) is 18.5 Å². The maximum absolute atomic E-state index is 13.3. The third kappa shape index (κ3) is 5.37. The summed E-state index contributed by atoms with van der Waals surface area (Å²) in [5.41, 5.74) is 1.84. The van der Waals surface area contributed by atoms with Gasteiger partial charge in [-0.2, -0.15) is 4.31 Å². The van der Waals surface area contributed by atoms with E-state index in [1.807, 2.05) is 17.5 Å². The molecule has 9 heteroatoms. The second-order valence-electron chi connectivity index (χ2n) is 7.51. The van der Waals surface area contributed by atoms with E-state index >= 15 is 0 Å². The lowest BCUT2D eigenvalue weighted by molar-refractivity contribution is -0.133. The summed E-state index contributed by atoms with van der Waals surface area (Å²) >= 11 is 14.2. The number of halogens is 2. The van der Waals surface area contributed by atoms with Gasteiger partial charge in [0.25, 0.3) is 0 Å². The molecule has 0 aliphatic carbocycles. The number of thiophene rings is 1. The van der Waals surface area contributed by atoms with Crippen LogP contribution >= 0.6 is 34.5 Å². The number of carbonyl (C=O) groups is 1. The first-order valence-electron chi connectivity index (χ1n) is 9.98. The van der Waals surface area contributed by atoms with E-state index < -0.39 is 10.0 Å². The van der Waals surface area contributed by atoms with Gasteiger partial charge in [-0.3, -0.25) is 4.79 Å². The van der Waals surface area contributed by atoms with Gasteiger partial charge in [0.15, 0.2) is 0 Å². The molecule has 0 radical (unpaired) electrons. The fraction of sp³-hybridized carbons (Fsp3) is 0.476. The molecule has 0 saturated heterocycles. The van der Waals surface area contributed by atoms with Crippen LogP contribution in [0.3, 0.4) is 0 Å². The van der Waals surface area contributed by atoms with Crippen molar-refractivity contribution >= 4 is 50.5 Å². The number of unbranched alkanes of at least 4 members (excludes halogenated alkanes) is 2. The predicted molar refractivity (Wildman–Crippen MR) is 124 cm³/mol. The topological polar surface area (TPSA) is 57.7 Å². The van der Waals surface area contributed by atoms with E-state index in [0.29, 0.717) is 23.1 Å². The van der Waals surface area contributed by atoms with E-state index in [1.165, 1.54) is 9.18 Å². The molecule has 2 heterocycles. The Bertz CT molecular complexity index is 1010. The first kappa shape index (κ1) is 23.5. The second kappa shape index (κ2) is 10.0. The smallest absolute Gasteiger partial charge is 0.238 e. The van der Waals surface area contributed by atoms with Crippen molar-refractivity contribution in [1.82, 2.24) is 9.21 Å². The molecule has 0 fully saturated rings. The third-order valence-electron chi connectivity index (χ3n) is 5.34. The zero-order chi connectivity index (χ0) is 21.9. The van der Waals surface area contributed by atoms with E-state index in [4.69, 9.17) is 23.2 Å². The molecule has 0 saturated carbocycles. The van der Waals surface area contributed by atoms with Gasteiger partial charge in [0.1, 0.15) is 0 Å². The Hall–Kier alpha value is -1.12. The molecule has 1 aromatic heterocycles. The Labute approximate surface area is 192 Å². The summed E-state index contributed by atoms with van der Waals surface area (Å²) in [6, 6.07) is 6.95. The molecule has 1 aliphatic heterocycles. The summed E-state index contributed by atoms with van der Waals surface area (Å²) < 4.78 is 25.8. The Morgan fingerprint density at radius 1 is 1.23 bits per heavy atom. The molecule has 1 atom stereocenters. The Kier molecular flexibility index (Phi) is 7.85. The number of benzene rings is 1. The maximum atomic E-state index is 13.3. The quantitative estimate of drug-likeness (QED) is 0.492. The van der Waals surface area contributed by atoms with Crippen LogP contribution in [0.4, 0.5) is 0 Å². The van der Waals surface area contributed by atoms with Crippen LogP contribution in [0.1, 0.15) is 48.2 Å². The number of hydrogen-bond acceptors (Lipinski definition) is 4. The van der Waals surface area contributed by atoms with Crippen molar-refractivity contribution < 1.29 is 13.2 Å². The summed E-state index contributed by atoms with van der Waals surface area (Å²) in [4.78, 5) is 16.3. The van der Waals surface area contributed by atoms with Crippen LogP contribution in [0.2, 0.25) is 10.0 Å². The Morgan fingerprint density at radius 2 is 2.00 bits per heavy atom. The van der Waals surface area contributed by atoms with Crippen molar-refractivity contribution in [2.45, 2.75) is 38.6 Å². The lowest BCUT2D eigenvalue weighted by Gasteiger charge is -2.37. The minimum absolute atomic E-state index is 0.163. The van der Waals surface area contributed by atoms with Crippen molar-refractivity contribution in [1.29, 1.82) is 0 Å². The molecule has 5 nitrogen and oxygen atoms in total. The molecule has 1 aromatic carbocycles. The minimum Gasteiger partial charge on any atom is -0.330 e. The Morgan fingerprint density at radius 3 is 2.67 bits per heavy atom. The van der Waals surface area contributed by atoms with Crippen molar-refractivity contribution in [3.05, 3.63) is 55.7 Å². The minimum atomic E-state index is -3.48. The molecule has 0 N–H and O–H groups in total. The van der Waals surface area contributed by atoms with Gasteiger partial charge in [-0.25, -0.2) is 8.42 Å². The van der Waals surface area contributed by atoms with Gasteiger partial charge in [0, 0.05) is 28.0 Å². The third-order valence-corrected chi connectivity index (χ3v) is 8.14. The predicted octanol–water partition coefficient (Wildman–Crippen LogP) is 4.98. The number of nitrogens with zero attached hydrogens (tertiary/aromatic N) is 2. The number of fused-ring (bicyclic) bond motifs is 1. The zero-order valence-electron chi connectivity index (χ0n) is 17.1. The summed E-state index contributed by atoms with van der Waals surface area (Å²) in [6.07, 6.45) is 4.54. The number of amides is 1. The van der Waals surface area contributed by atoms with Crippen LogP contribution in [-0.2, 0) is 21.2 Å². The highest BCUT2D eigenvalue weighted by Crippen LogP contribution is 2.41. The molecule has 0 bridgehead atoms. The lowest BCUT2D eigenvalue weighted by Crippen LogP contribution is -2.46. The van der Waals surface area contributed by atoms with Gasteiger partial charge in [-0.15, -0.1) is 11.3 Å². The highest BCUT2D eigenvalue weighted by atomic mass is 35.5. The molecule has 0 spiro atoms. The fourth-order valence-corrected chi connectivity index (χ4v) is 6.01. The molecule has 1 aliphatic rings. The number of sulfonamides is 1. The van der Waals surface area contributed by atoms with Crippen LogP contribution < -0.4 is 0 Å². The maximum Gasteiger partial charge on any atom is 0.238 e. The normalized spacial score (nSPS) is 16.7. The van der Waals surface area contributed by atoms with E-state index in [9.17, 15) is 13.2 Å². The van der Waals surface area contributed by atoms with Gasteiger partial charge in [-0.1, -0.05) is 49.0 Å². The molecule has 30 heavy (non-hydrogen) atoms. The van der Waals surface area contributed by atoms with Gasteiger partial charge in [0.2, 0.25) is 15.9 Å². The van der Waals surface area contributed by atoms with Crippen LogP contribution in [-0.4, -0.2) is 49.4 Å². The monoisotopic (exact) mass is 488 g/mol. The van der Waals surface area contributed by atoms with Gasteiger partial charge in [-0.05, 0) is 47.5 Å². The summed E-state index contributed by atoms with van der Waals surface area (Å²) in [7, 11) is -3.48. The number of carbonyl (C=O) groups excluding carboxylic acids is 1. The Balaban J connectivity index is 1.91. The molecular formula is C21H26Cl2N2O3S2. The van der Waals surface area contributed by atoms with Gasteiger partial charge in [0.05, 0.1) is 18.8 Å². The average Bonchev–Trinajstić information content (AvgIpc) is 3.15. The molecule has 1 unspecified atom stereocenters. The largest absolute Gasteiger partial charge is 0.330 e. The van der Waals surface area contributed by atoms with Crippen LogP contribution in [0, 0.1) is 0 Å². The number of hydrogen-bond donors (Lipinski definition) is 0. The standard InChI is InChI=1S/C21H26Cl2N2O3S2/c1-3-4-5-10-24(30(2,27)28)14-20(26)25-11-8-19-17(9-12-29-19)21(25)16-7-6-15(22)13-18(16)23/h6-7,9,12-13,21H,3-5,8,10-11,14H2,1-2H3. The molecule has 164 valence electrons. The SMILES string of the molecule is CCCCCN(CC(=O)N1CCc2sccc2C1c1ccc(Cl)cc1Cl)S(C)(=O)=O.